The molecule has 1 aromatic carbocycles. The number of phenolic OH excluding ortho intramolecular Hbond substituents is 1. The molecule has 0 saturated heterocycles. The van der Waals surface area contributed by atoms with E-state index in [0.29, 0.717) is 13.2 Å². The Morgan fingerprint density at radius 3 is 3.11 bits per heavy atom. The predicted molar refractivity (Wildman–Crippen MR) is 68.6 cm³/mol. The lowest BCUT2D eigenvalue weighted by atomic mass is 10.1. The number of ether oxygens (including phenoxy) is 1. The van der Waals surface area contributed by atoms with E-state index in [0.717, 1.165) is 16.5 Å². The number of phenols is 1. The first kappa shape index (κ1) is 12.4. The van der Waals surface area contributed by atoms with Gasteiger partial charge in [-0.05, 0) is 23.8 Å². The second kappa shape index (κ2) is 5.55. The van der Waals surface area contributed by atoms with Crippen LogP contribution in [0.2, 0.25) is 0 Å². The average Bonchev–Trinajstić information content (AvgIpc) is 2.72. The second-order valence-electron chi connectivity index (χ2n) is 4.06. The number of aromatic hydroxyl groups is 1. The molecule has 0 bridgehead atoms. The van der Waals surface area contributed by atoms with Gasteiger partial charge in [-0.1, -0.05) is 0 Å². The van der Waals surface area contributed by atoms with Gasteiger partial charge in [-0.3, -0.25) is 4.79 Å². The molecule has 2 aromatic rings. The monoisotopic (exact) mass is 248 g/mol. The topological polar surface area (TPSA) is 74.3 Å². The van der Waals surface area contributed by atoms with Crippen LogP contribution in [0.25, 0.3) is 10.9 Å². The summed E-state index contributed by atoms with van der Waals surface area (Å²) in [6.45, 7) is 1.00. The molecule has 1 amide bonds. The molecule has 0 aliphatic carbocycles. The highest BCUT2D eigenvalue weighted by Gasteiger charge is 2.08. The molecule has 1 heterocycles. The summed E-state index contributed by atoms with van der Waals surface area (Å²) in [5.41, 5.74) is 1.78. The van der Waals surface area contributed by atoms with Gasteiger partial charge < -0.3 is 20.1 Å². The number of carbonyl (C=O) groups excluding carboxylic acids is 1. The minimum atomic E-state index is -0.0590. The van der Waals surface area contributed by atoms with Crippen molar-refractivity contribution in [1.82, 2.24) is 10.3 Å². The fraction of sp³-hybridized carbons (Fsp3) is 0.308. The molecule has 0 aliphatic rings. The predicted octanol–water partition coefficient (Wildman–Crippen LogP) is 1.18. The molecule has 5 heteroatoms. The van der Waals surface area contributed by atoms with Crippen LogP contribution in [0.1, 0.15) is 5.56 Å². The summed E-state index contributed by atoms with van der Waals surface area (Å²) in [5.74, 6) is 0.138. The summed E-state index contributed by atoms with van der Waals surface area (Å²) in [7, 11) is 1.59. The van der Waals surface area contributed by atoms with Crippen LogP contribution < -0.4 is 5.32 Å². The van der Waals surface area contributed by atoms with Crippen LogP contribution in [-0.4, -0.2) is 36.3 Å². The first-order chi connectivity index (χ1) is 8.70. The highest BCUT2D eigenvalue weighted by Crippen LogP contribution is 2.23. The molecule has 0 aliphatic heterocycles. The number of hydrogen-bond donors (Lipinski definition) is 3. The Balaban J connectivity index is 2.07. The van der Waals surface area contributed by atoms with E-state index in [1.54, 1.807) is 31.5 Å². The number of aromatic amines is 1. The Bertz CT molecular complexity index is 548. The lowest BCUT2D eigenvalue weighted by Crippen LogP contribution is -2.28. The van der Waals surface area contributed by atoms with Crippen LogP contribution in [-0.2, 0) is 16.0 Å². The number of benzene rings is 1. The third-order valence-electron chi connectivity index (χ3n) is 2.73. The number of nitrogens with one attached hydrogen (secondary N) is 2. The Hall–Kier alpha value is -2.01. The largest absolute Gasteiger partial charge is 0.508 e. The molecule has 0 atom stereocenters. The van der Waals surface area contributed by atoms with Crippen molar-refractivity contribution >= 4 is 16.8 Å². The number of carbonyl (C=O) groups is 1. The van der Waals surface area contributed by atoms with Gasteiger partial charge in [0.05, 0.1) is 13.0 Å². The smallest absolute Gasteiger partial charge is 0.224 e. The normalized spacial score (nSPS) is 10.7. The number of aromatic nitrogens is 1. The van der Waals surface area contributed by atoms with Crippen molar-refractivity contribution in [2.45, 2.75) is 6.42 Å². The van der Waals surface area contributed by atoms with E-state index < -0.39 is 0 Å². The molecule has 0 fully saturated rings. The van der Waals surface area contributed by atoms with E-state index in [4.69, 9.17) is 4.74 Å². The van der Waals surface area contributed by atoms with Gasteiger partial charge in [-0.25, -0.2) is 0 Å². The summed E-state index contributed by atoms with van der Waals surface area (Å²) in [6, 6.07) is 5.06. The Labute approximate surface area is 105 Å². The van der Waals surface area contributed by atoms with Gasteiger partial charge in [0.1, 0.15) is 5.75 Å². The highest BCUT2D eigenvalue weighted by atomic mass is 16.5. The molecular formula is C13H16N2O3. The van der Waals surface area contributed by atoms with Gasteiger partial charge in [0.25, 0.3) is 0 Å². The maximum absolute atomic E-state index is 11.7. The van der Waals surface area contributed by atoms with Crippen molar-refractivity contribution in [2.24, 2.45) is 0 Å². The number of fused-ring (bicyclic) bond motifs is 1. The van der Waals surface area contributed by atoms with Gasteiger partial charge in [-0.2, -0.15) is 0 Å². The quantitative estimate of drug-likeness (QED) is 0.695. The van der Waals surface area contributed by atoms with Gasteiger partial charge in [0, 0.05) is 30.8 Å². The molecule has 96 valence electrons. The first-order valence-electron chi connectivity index (χ1n) is 5.75. The van der Waals surface area contributed by atoms with E-state index in [-0.39, 0.29) is 18.1 Å². The van der Waals surface area contributed by atoms with Crippen LogP contribution in [0, 0.1) is 0 Å². The maximum Gasteiger partial charge on any atom is 0.224 e. The van der Waals surface area contributed by atoms with Gasteiger partial charge >= 0.3 is 0 Å². The van der Waals surface area contributed by atoms with Crippen LogP contribution in [0.15, 0.2) is 24.4 Å². The van der Waals surface area contributed by atoms with E-state index in [1.807, 2.05) is 0 Å². The second-order valence-corrected chi connectivity index (χ2v) is 4.06. The van der Waals surface area contributed by atoms with Crippen LogP contribution >= 0.6 is 0 Å². The zero-order valence-corrected chi connectivity index (χ0v) is 10.2. The number of methoxy groups -OCH3 is 1. The molecule has 0 spiro atoms. The summed E-state index contributed by atoms with van der Waals surface area (Å²) in [5, 5.41) is 13.1. The molecule has 5 nitrogen and oxygen atoms in total. The lowest BCUT2D eigenvalue weighted by molar-refractivity contribution is -0.120. The summed E-state index contributed by atoms with van der Waals surface area (Å²) < 4.78 is 4.86. The first-order valence-corrected chi connectivity index (χ1v) is 5.75. The molecule has 0 saturated carbocycles. The van der Waals surface area contributed by atoms with E-state index in [1.165, 1.54) is 0 Å². The summed E-state index contributed by atoms with van der Waals surface area (Å²) in [4.78, 5) is 14.7. The van der Waals surface area contributed by atoms with E-state index in [2.05, 4.69) is 10.3 Å². The SMILES string of the molecule is COCCNC(=O)Cc1c[nH]c2ccc(O)cc12. The maximum atomic E-state index is 11.7. The van der Waals surface area contributed by atoms with Crippen molar-refractivity contribution in [3.05, 3.63) is 30.0 Å². The zero-order chi connectivity index (χ0) is 13.0. The van der Waals surface area contributed by atoms with Crippen molar-refractivity contribution in [3.8, 4) is 5.75 Å². The molecule has 0 radical (unpaired) electrons. The zero-order valence-electron chi connectivity index (χ0n) is 10.2. The minimum absolute atomic E-state index is 0.0590. The minimum Gasteiger partial charge on any atom is -0.508 e. The van der Waals surface area contributed by atoms with Crippen LogP contribution in [0.4, 0.5) is 0 Å². The fourth-order valence-corrected chi connectivity index (χ4v) is 1.84. The number of amides is 1. The third kappa shape index (κ3) is 2.81. The average molecular weight is 248 g/mol. The Morgan fingerprint density at radius 2 is 2.33 bits per heavy atom. The molecule has 0 unspecified atom stereocenters. The van der Waals surface area contributed by atoms with Crippen LogP contribution in [0.3, 0.4) is 0 Å². The van der Waals surface area contributed by atoms with Crippen molar-refractivity contribution in [3.63, 3.8) is 0 Å². The van der Waals surface area contributed by atoms with Gasteiger partial charge in [-0.15, -0.1) is 0 Å². The van der Waals surface area contributed by atoms with Crippen molar-refractivity contribution in [2.75, 3.05) is 20.3 Å². The lowest BCUT2D eigenvalue weighted by Gasteiger charge is -2.03. The summed E-state index contributed by atoms with van der Waals surface area (Å²) >= 11 is 0. The molecule has 18 heavy (non-hydrogen) atoms. The number of rotatable bonds is 5. The molecule has 3 N–H and O–H groups in total. The molecule has 2 rings (SSSR count). The van der Waals surface area contributed by atoms with Gasteiger partial charge in [0.15, 0.2) is 0 Å². The molecule has 1 aromatic heterocycles. The van der Waals surface area contributed by atoms with E-state index in [9.17, 15) is 9.90 Å². The fourth-order valence-electron chi connectivity index (χ4n) is 1.84. The number of H-pyrrole nitrogens is 1. The van der Waals surface area contributed by atoms with Crippen molar-refractivity contribution in [1.29, 1.82) is 0 Å². The summed E-state index contributed by atoms with van der Waals surface area (Å²) in [6.07, 6.45) is 2.08. The molecular weight excluding hydrogens is 232 g/mol. The third-order valence-corrected chi connectivity index (χ3v) is 2.73. The highest BCUT2D eigenvalue weighted by molar-refractivity contribution is 5.89. The van der Waals surface area contributed by atoms with Crippen LogP contribution in [0.5, 0.6) is 5.75 Å². The van der Waals surface area contributed by atoms with Gasteiger partial charge in [0.2, 0.25) is 5.91 Å². The van der Waals surface area contributed by atoms with E-state index >= 15 is 0 Å². The number of hydrogen-bond acceptors (Lipinski definition) is 3. The Kier molecular flexibility index (Phi) is 3.84. The van der Waals surface area contributed by atoms with Crippen molar-refractivity contribution < 1.29 is 14.6 Å². The standard InChI is InChI=1S/C13H16N2O3/c1-18-5-4-14-13(17)6-9-8-15-12-3-2-10(16)7-11(9)12/h2-3,7-8,15-16H,4-6H2,1H3,(H,14,17). The Morgan fingerprint density at radius 1 is 1.50 bits per heavy atom.